The van der Waals surface area contributed by atoms with E-state index in [4.69, 9.17) is 5.26 Å². The number of nitriles is 1. The van der Waals surface area contributed by atoms with Crippen LogP contribution in [0, 0.1) is 11.3 Å². The maximum atomic E-state index is 9.04. The number of hydrogen-bond donors (Lipinski definition) is 1. The molecular weight excluding hydrogens is 288 g/mol. The van der Waals surface area contributed by atoms with Crippen molar-refractivity contribution in [1.29, 1.82) is 5.26 Å². The molecule has 3 heteroatoms. The predicted molar refractivity (Wildman–Crippen MR) is 92.7 cm³/mol. The Morgan fingerprint density at radius 1 is 0.818 bits per heavy atom. The van der Waals surface area contributed by atoms with Crippen LogP contribution in [-0.4, -0.2) is 4.57 Å². The fourth-order valence-electron chi connectivity index (χ4n) is 2.96. The summed E-state index contributed by atoms with van der Waals surface area (Å²) in [7, 11) is 0. The molecule has 0 amide bonds. The zero-order chi connectivity index (χ0) is 15.1. The molecule has 0 aliphatic heterocycles. The van der Waals surface area contributed by atoms with E-state index < -0.39 is 0 Å². The quantitative estimate of drug-likeness (QED) is 0.495. The Morgan fingerprint density at radius 2 is 1.41 bits per heavy atom. The van der Waals surface area contributed by atoms with Crippen molar-refractivity contribution in [3.8, 4) is 11.8 Å². The summed E-state index contributed by atoms with van der Waals surface area (Å²) in [5.41, 5.74) is 3.89. The fourth-order valence-corrected chi connectivity index (χ4v) is 3.28. The summed E-state index contributed by atoms with van der Waals surface area (Å²) in [6.45, 7) is 0. The minimum Gasteiger partial charge on any atom is -0.308 e. The van der Waals surface area contributed by atoms with E-state index in [1.54, 1.807) is 0 Å². The van der Waals surface area contributed by atoms with E-state index in [0.717, 1.165) is 21.6 Å². The van der Waals surface area contributed by atoms with E-state index in [1.807, 2.05) is 30.3 Å². The lowest BCUT2D eigenvalue weighted by Crippen LogP contribution is -1.95. The molecule has 4 aromatic rings. The first-order chi connectivity index (χ1) is 10.8. The van der Waals surface area contributed by atoms with Crippen molar-refractivity contribution < 1.29 is 0 Å². The van der Waals surface area contributed by atoms with Gasteiger partial charge in [0.05, 0.1) is 28.4 Å². The monoisotopic (exact) mass is 300 g/mol. The predicted octanol–water partition coefficient (Wildman–Crippen LogP) is 4.94. The third kappa shape index (κ3) is 1.82. The summed E-state index contributed by atoms with van der Waals surface area (Å²) in [5.74, 6) is 0. The SMILES string of the molecule is N#Cc1ccc(-n2c3ccccc3c3ccccc32)c(S)c1. The maximum absolute atomic E-state index is 9.04. The molecule has 1 aromatic heterocycles. The van der Waals surface area contributed by atoms with E-state index in [0.29, 0.717) is 5.56 Å². The number of aromatic nitrogens is 1. The first kappa shape index (κ1) is 13.0. The van der Waals surface area contributed by atoms with Gasteiger partial charge in [-0.3, -0.25) is 0 Å². The Morgan fingerprint density at radius 3 is 1.95 bits per heavy atom. The van der Waals surface area contributed by atoms with Crippen LogP contribution in [0.1, 0.15) is 5.56 Å². The van der Waals surface area contributed by atoms with Crippen LogP contribution in [0.25, 0.3) is 27.5 Å². The second-order valence-electron chi connectivity index (χ2n) is 5.19. The molecule has 0 bridgehead atoms. The lowest BCUT2D eigenvalue weighted by molar-refractivity contribution is 1.12. The van der Waals surface area contributed by atoms with Crippen LogP contribution in [0.15, 0.2) is 71.6 Å². The number of benzene rings is 3. The third-order valence-corrected chi connectivity index (χ3v) is 4.28. The summed E-state index contributed by atoms with van der Waals surface area (Å²) in [6, 6.07) is 24.4. The standard InChI is InChI=1S/C19H12N2S/c20-12-13-9-10-18(19(22)11-13)21-16-7-3-1-5-14(16)15-6-2-4-8-17(15)21/h1-11,22H. The Labute approximate surface area is 133 Å². The molecule has 0 unspecified atom stereocenters. The highest BCUT2D eigenvalue weighted by Gasteiger charge is 2.13. The van der Waals surface area contributed by atoms with E-state index in [9.17, 15) is 0 Å². The summed E-state index contributed by atoms with van der Waals surface area (Å²) >= 11 is 4.59. The van der Waals surface area contributed by atoms with Gasteiger partial charge in [0, 0.05) is 15.7 Å². The van der Waals surface area contributed by atoms with Crippen molar-refractivity contribution >= 4 is 34.4 Å². The van der Waals surface area contributed by atoms with E-state index in [-0.39, 0.29) is 0 Å². The van der Waals surface area contributed by atoms with Crippen molar-refractivity contribution in [2.75, 3.05) is 0 Å². The van der Waals surface area contributed by atoms with Crippen LogP contribution < -0.4 is 0 Å². The zero-order valence-electron chi connectivity index (χ0n) is 11.7. The molecule has 1 heterocycles. The molecular formula is C19H12N2S. The molecule has 0 saturated heterocycles. The topological polar surface area (TPSA) is 28.7 Å². The number of nitrogens with zero attached hydrogens (tertiary/aromatic N) is 2. The van der Waals surface area contributed by atoms with Crippen molar-refractivity contribution in [3.05, 3.63) is 72.3 Å². The molecule has 0 N–H and O–H groups in total. The highest BCUT2D eigenvalue weighted by Crippen LogP contribution is 2.33. The minimum absolute atomic E-state index is 0.620. The van der Waals surface area contributed by atoms with Crippen molar-refractivity contribution in [3.63, 3.8) is 0 Å². The van der Waals surface area contributed by atoms with Crippen LogP contribution in [0.3, 0.4) is 0 Å². The van der Waals surface area contributed by atoms with Gasteiger partial charge in [-0.05, 0) is 30.3 Å². The average Bonchev–Trinajstić information content (AvgIpc) is 2.89. The van der Waals surface area contributed by atoms with Gasteiger partial charge in [0.2, 0.25) is 0 Å². The van der Waals surface area contributed by atoms with Crippen LogP contribution >= 0.6 is 12.6 Å². The summed E-state index contributed by atoms with van der Waals surface area (Å²) in [5, 5.41) is 11.5. The van der Waals surface area contributed by atoms with Gasteiger partial charge >= 0.3 is 0 Å². The molecule has 0 aliphatic rings. The highest BCUT2D eigenvalue weighted by molar-refractivity contribution is 7.80. The lowest BCUT2D eigenvalue weighted by atomic mass is 10.2. The van der Waals surface area contributed by atoms with Gasteiger partial charge in [-0.2, -0.15) is 5.26 Å². The van der Waals surface area contributed by atoms with Crippen molar-refractivity contribution in [1.82, 2.24) is 4.57 Å². The molecule has 4 rings (SSSR count). The van der Waals surface area contributed by atoms with Gasteiger partial charge in [0.15, 0.2) is 0 Å². The van der Waals surface area contributed by atoms with Gasteiger partial charge in [0.1, 0.15) is 0 Å². The minimum atomic E-state index is 0.620. The van der Waals surface area contributed by atoms with Crippen molar-refractivity contribution in [2.24, 2.45) is 0 Å². The summed E-state index contributed by atoms with van der Waals surface area (Å²) < 4.78 is 2.20. The second-order valence-corrected chi connectivity index (χ2v) is 5.67. The van der Waals surface area contributed by atoms with Gasteiger partial charge < -0.3 is 4.57 Å². The van der Waals surface area contributed by atoms with Gasteiger partial charge in [0.25, 0.3) is 0 Å². The Hall–Kier alpha value is -2.70. The first-order valence-corrected chi connectivity index (χ1v) is 7.46. The molecule has 0 radical (unpaired) electrons. The molecule has 2 nitrogen and oxygen atoms in total. The number of rotatable bonds is 1. The molecule has 22 heavy (non-hydrogen) atoms. The Balaban J connectivity index is 2.16. The van der Waals surface area contributed by atoms with Crippen LogP contribution in [-0.2, 0) is 0 Å². The number of para-hydroxylation sites is 2. The zero-order valence-corrected chi connectivity index (χ0v) is 12.6. The Kier molecular flexibility index (Phi) is 2.92. The van der Waals surface area contributed by atoms with E-state index in [1.165, 1.54) is 10.8 Å². The number of thiol groups is 1. The summed E-state index contributed by atoms with van der Waals surface area (Å²) in [4.78, 5) is 0.797. The molecule has 0 spiro atoms. The number of fused-ring (bicyclic) bond motifs is 3. The maximum Gasteiger partial charge on any atom is 0.0992 e. The number of hydrogen-bond acceptors (Lipinski definition) is 2. The van der Waals surface area contributed by atoms with Crippen LogP contribution in [0.5, 0.6) is 0 Å². The molecule has 0 saturated carbocycles. The van der Waals surface area contributed by atoms with Gasteiger partial charge in [-0.25, -0.2) is 0 Å². The summed E-state index contributed by atoms with van der Waals surface area (Å²) in [6.07, 6.45) is 0. The molecule has 3 aromatic carbocycles. The fraction of sp³-hybridized carbons (Fsp3) is 0. The van der Waals surface area contributed by atoms with Crippen LogP contribution in [0.4, 0.5) is 0 Å². The largest absolute Gasteiger partial charge is 0.308 e. The average molecular weight is 300 g/mol. The third-order valence-electron chi connectivity index (χ3n) is 3.93. The van der Waals surface area contributed by atoms with E-state index >= 15 is 0 Å². The van der Waals surface area contributed by atoms with Crippen molar-refractivity contribution in [2.45, 2.75) is 4.90 Å². The Bertz CT molecular complexity index is 1000. The highest BCUT2D eigenvalue weighted by atomic mass is 32.1. The smallest absolute Gasteiger partial charge is 0.0992 e. The molecule has 0 atom stereocenters. The second kappa shape index (κ2) is 4.94. The lowest BCUT2D eigenvalue weighted by Gasteiger charge is -2.10. The normalized spacial score (nSPS) is 10.9. The van der Waals surface area contributed by atoms with Gasteiger partial charge in [-0.15, -0.1) is 12.6 Å². The molecule has 104 valence electrons. The van der Waals surface area contributed by atoms with E-state index in [2.05, 4.69) is 59.7 Å². The van der Waals surface area contributed by atoms with Gasteiger partial charge in [-0.1, -0.05) is 36.4 Å². The first-order valence-electron chi connectivity index (χ1n) is 7.01. The van der Waals surface area contributed by atoms with Crippen LogP contribution in [0.2, 0.25) is 0 Å². The molecule has 0 aliphatic carbocycles. The molecule has 0 fully saturated rings.